The molecule has 146 valence electrons. The second-order valence-corrected chi connectivity index (χ2v) is 7.63. The number of fused-ring (bicyclic) bond motifs is 1. The SMILES string of the molecule is CNCC(O)C(c1ccccc1)n1c(=O)n(C(C)(C)C)c2ccccc21.Cl. The molecule has 0 radical (unpaired) electrons. The molecule has 0 saturated carbocycles. The predicted octanol–water partition coefficient (Wildman–Crippen LogP) is 3.15. The van der Waals surface area contributed by atoms with Crippen LogP contribution >= 0.6 is 12.4 Å². The van der Waals surface area contributed by atoms with Crippen molar-refractivity contribution in [1.29, 1.82) is 0 Å². The third-order valence-electron chi connectivity index (χ3n) is 4.65. The third kappa shape index (κ3) is 3.95. The predicted molar refractivity (Wildman–Crippen MR) is 113 cm³/mol. The van der Waals surface area contributed by atoms with Crippen LogP contribution in [0.1, 0.15) is 32.4 Å². The molecule has 27 heavy (non-hydrogen) atoms. The van der Waals surface area contributed by atoms with Gasteiger partial charge in [-0.15, -0.1) is 12.4 Å². The number of benzene rings is 2. The molecule has 6 heteroatoms. The van der Waals surface area contributed by atoms with Gasteiger partial charge in [-0.1, -0.05) is 42.5 Å². The van der Waals surface area contributed by atoms with E-state index in [-0.39, 0.29) is 23.6 Å². The number of aliphatic hydroxyl groups is 1. The summed E-state index contributed by atoms with van der Waals surface area (Å²) in [6, 6.07) is 17.0. The van der Waals surface area contributed by atoms with Crippen LogP contribution in [-0.2, 0) is 5.54 Å². The largest absolute Gasteiger partial charge is 0.389 e. The third-order valence-corrected chi connectivity index (χ3v) is 4.65. The fourth-order valence-electron chi connectivity index (χ4n) is 3.60. The first kappa shape index (κ1) is 21.2. The smallest absolute Gasteiger partial charge is 0.330 e. The number of imidazole rings is 1. The maximum atomic E-state index is 13.5. The number of aliphatic hydroxyl groups excluding tert-OH is 1. The Balaban J connectivity index is 0.00000261. The number of hydrogen-bond donors (Lipinski definition) is 2. The van der Waals surface area contributed by atoms with Gasteiger partial charge in [0.15, 0.2) is 0 Å². The zero-order chi connectivity index (χ0) is 18.9. The molecule has 0 aliphatic heterocycles. The van der Waals surface area contributed by atoms with Gasteiger partial charge in [0.1, 0.15) is 0 Å². The van der Waals surface area contributed by atoms with Gasteiger partial charge >= 0.3 is 5.69 Å². The van der Waals surface area contributed by atoms with Crippen molar-refractivity contribution in [1.82, 2.24) is 14.5 Å². The first-order chi connectivity index (χ1) is 12.4. The van der Waals surface area contributed by atoms with Gasteiger partial charge in [-0.25, -0.2) is 4.79 Å². The summed E-state index contributed by atoms with van der Waals surface area (Å²) < 4.78 is 3.54. The Morgan fingerprint density at radius 3 is 2.11 bits per heavy atom. The number of aromatic nitrogens is 2. The van der Waals surface area contributed by atoms with Gasteiger partial charge in [0.2, 0.25) is 0 Å². The van der Waals surface area contributed by atoms with Gasteiger partial charge in [0.05, 0.1) is 23.2 Å². The van der Waals surface area contributed by atoms with Crippen LogP contribution in [0.15, 0.2) is 59.4 Å². The summed E-state index contributed by atoms with van der Waals surface area (Å²) in [6.45, 7) is 6.45. The number of para-hydroxylation sites is 2. The van der Waals surface area contributed by atoms with Crippen LogP contribution in [0.25, 0.3) is 11.0 Å². The summed E-state index contributed by atoms with van der Waals surface area (Å²) in [5.74, 6) is 0. The highest BCUT2D eigenvalue weighted by molar-refractivity contribution is 5.85. The van der Waals surface area contributed by atoms with E-state index < -0.39 is 12.1 Å². The van der Waals surface area contributed by atoms with Crippen molar-refractivity contribution in [3.05, 3.63) is 70.6 Å². The number of hydrogen-bond acceptors (Lipinski definition) is 3. The van der Waals surface area contributed by atoms with E-state index in [0.29, 0.717) is 6.54 Å². The van der Waals surface area contributed by atoms with Gasteiger partial charge in [-0.05, 0) is 45.5 Å². The monoisotopic (exact) mass is 389 g/mol. The summed E-state index contributed by atoms with van der Waals surface area (Å²) in [6.07, 6.45) is -0.737. The van der Waals surface area contributed by atoms with Gasteiger partial charge in [-0.3, -0.25) is 9.13 Å². The van der Waals surface area contributed by atoms with Crippen molar-refractivity contribution in [2.75, 3.05) is 13.6 Å². The van der Waals surface area contributed by atoms with Crippen LogP contribution in [-0.4, -0.2) is 33.9 Å². The average Bonchev–Trinajstić information content (AvgIpc) is 2.89. The van der Waals surface area contributed by atoms with Gasteiger partial charge < -0.3 is 10.4 Å². The number of likely N-dealkylation sites (N-methyl/N-ethyl adjacent to an activating group) is 1. The average molecular weight is 390 g/mol. The van der Waals surface area contributed by atoms with Gasteiger partial charge in [0.25, 0.3) is 0 Å². The van der Waals surface area contributed by atoms with Gasteiger partial charge in [0, 0.05) is 12.1 Å². The minimum atomic E-state index is -0.737. The molecule has 1 heterocycles. The molecule has 0 aliphatic rings. The molecule has 1 aromatic heterocycles. The molecule has 5 nitrogen and oxygen atoms in total. The Morgan fingerprint density at radius 1 is 1.00 bits per heavy atom. The minimum absolute atomic E-state index is 0. The normalized spacial score (nSPS) is 14.0. The van der Waals surface area contributed by atoms with Crippen molar-refractivity contribution < 1.29 is 5.11 Å². The van der Waals surface area contributed by atoms with Crippen molar-refractivity contribution in [3.63, 3.8) is 0 Å². The highest BCUT2D eigenvalue weighted by Gasteiger charge is 2.30. The molecule has 2 atom stereocenters. The molecule has 0 aliphatic carbocycles. The van der Waals surface area contributed by atoms with E-state index in [9.17, 15) is 9.90 Å². The molecular formula is C21H28ClN3O2. The van der Waals surface area contributed by atoms with E-state index in [1.807, 2.05) is 79.9 Å². The lowest BCUT2D eigenvalue weighted by molar-refractivity contribution is 0.129. The molecule has 0 saturated heterocycles. The molecule has 2 N–H and O–H groups in total. The zero-order valence-corrected chi connectivity index (χ0v) is 17.0. The highest BCUT2D eigenvalue weighted by atomic mass is 35.5. The first-order valence-corrected chi connectivity index (χ1v) is 8.96. The standard InChI is InChI=1S/C21H27N3O2.ClH/c1-21(2,3)24-17-13-9-8-12-16(17)23(20(24)26)19(18(25)14-22-4)15-10-6-5-7-11-15;/h5-13,18-19,22,25H,14H2,1-4H3;1H. The van der Waals surface area contributed by atoms with Crippen LogP contribution in [0.4, 0.5) is 0 Å². The molecule has 0 fully saturated rings. The number of nitrogens with one attached hydrogen (secondary N) is 1. The Labute approximate surface area is 166 Å². The summed E-state index contributed by atoms with van der Waals surface area (Å²) in [5.41, 5.74) is 2.15. The summed E-state index contributed by atoms with van der Waals surface area (Å²) in [4.78, 5) is 13.5. The van der Waals surface area contributed by atoms with Crippen LogP contribution < -0.4 is 11.0 Å². The van der Waals surface area contributed by atoms with E-state index in [4.69, 9.17) is 0 Å². The summed E-state index contributed by atoms with van der Waals surface area (Å²) in [7, 11) is 1.80. The van der Waals surface area contributed by atoms with Crippen LogP contribution in [0, 0.1) is 0 Å². The van der Waals surface area contributed by atoms with E-state index >= 15 is 0 Å². The fraction of sp³-hybridized carbons (Fsp3) is 0.381. The quantitative estimate of drug-likeness (QED) is 0.704. The van der Waals surface area contributed by atoms with E-state index in [2.05, 4.69) is 5.32 Å². The second kappa shape index (κ2) is 8.30. The zero-order valence-electron chi connectivity index (χ0n) is 16.2. The molecule has 2 unspecified atom stereocenters. The molecule has 3 aromatic rings. The molecular weight excluding hydrogens is 362 g/mol. The highest BCUT2D eigenvalue weighted by Crippen LogP contribution is 2.28. The second-order valence-electron chi connectivity index (χ2n) is 7.63. The summed E-state index contributed by atoms with van der Waals surface area (Å²) >= 11 is 0. The van der Waals surface area contributed by atoms with Crippen LogP contribution in [0.2, 0.25) is 0 Å². The Hall–Kier alpha value is -2.08. The van der Waals surface area contributed by atoms with Crippen molar-refractivity contribution in [2.24, 2.45) is 0 Å². The molecule has 3 rings (SSSR count). The van der Waals surface area contributed by atoms with Crippen molar-refractivity contribution in [3.8, 4) is 0 Å². The lowest BCUT2D eigenvalue weighted by Gasteiger charge is -2.25. The van der Waals surface area contributed by atoms with Crippen molar-refractivity contribution in [2.45, 2.75) is 38.5 Å². The van der Waals surface area contributed by atoms with Crippen molar-refractivity contribution >= 4 is 23.4 Å². The Morgan fingerprint density at radius 2 is 1.56 bits per heavy atom. The molecule has 0 amide bonds. The maximum absolute atomic E-state index is 13.5. The van der Waals surface area contributed by atoms with Gasteiger partial charge in [-0.2, -0.15) is 0 Å². The van der Waals surface area contributed by atoms with E-state index in [0.717, 1.165) is 16.6 Å². The molecule has 0 bridgehead atoms. The Bertz CT molecular complexity index is 941. The number of halogens is 1. The Kier molecular flexibility index (Phi) is 6.52. The summed E-state index contributed by atoms with van der Waals surface area (Å²) in [5, 5.41) is 13.9. The molecule has 0 spiro atoms. The minimum Gasteiger partial charge on any atom is -0.389 e. The first-order valence-electron chi connectivity index (χ1n) is 8.96. The molecule has 2 aromatic carbocycles. The van der Waals surface area contributed by atoms with E-state index in [1.165, 1.54) is 0 Å². The lowest BCUT2D eigenvalue weighted by atomic mass is 10.0. The number of nitrogens with zero attached hydrogens (tertiary/aromatic N) is 2. The van der Waals surface area contributed by atoms with Crippen LogP contribution in [0.5, 0.6) is 0 Å². The van der Waals surface area contributed by atoms with E-state index in [1.54, 1.807) is 11.6 Å². The topological polar surface area (TPSA) is 59.2 Å². The maximum Gasteiger partial charge on any atom is 0.330 e. The van der Waals surface area contributed by atoms with Crippen LogP contribution in [0.3, 0.4) is 0 Å². The number of rotatable bonds is 5. The fourth-order valence-corrected chi connectivity index (χ4v) is 3.60. The lowest BCUT2D eigenvalue weighted by Crippen LogP contribution is -2.41.